The molecule has 1 saturated carbocycles. The number of carbonyl (C=O) groups excluding carboxylic acids is 2. The van der Waals surface area contributed by atoms with Gasteiger partial charge in [-0.2, -0.15) is 0 Å². The van der Waals surface area contributed by atoms with Gasteiger partial charge >= 0.3 is 0 Å². The molecular formula is C23H31N3O3. The van der Waals surface area contributed by atoms with Crippen LogP contribution in [-0.4, -0.2) is 35.1 Å². The Morgan fingerprint density at radius 1 is 1.21 bits per heavy atom. The van der Waals surface area contributed by atoms with E-state index < -0.39 is 0 Å². The van der Waals surface area contributed by atoms with Crippen LogP contribution in [0.5, 0.6) is 0 Å². The van der Waals surface area contributed by atoms with Crippen molar-refractivity contribution in [2.75, 3.05) is 18.5 Å². The summed E-state index contributed by atoms with van der Waals surface area (Å²) < 4.78 is 7.79. The van der Waals surface area contributed by atoms with Gasteiger partial charge in [-0.25, -0.2) is 0 Å². The Kier molecular flexibility index (Phi) is 5.63. The molecule has 1 saturated heterocycles. The second-order valence-corrected chi connectivity index (χ2v) is 8.60. The lowest BCUT2D eigenvalue weighted by molar-refractivity contribution is -0.119. The summed E-state index contributed by atoms with van der Waals surface area (Å²) in [6.45, 7) is 6.06. The van der Waals surface area contributed by atoms with Gasteiger partial charge in [0, 0.05) is 42.2 Å². The smallest absolute Gasteiger partial charge is 0.268 e. The minimum atomic E-state index is -0.267. The maximum atomic E-state index is 12.9. The van der Waals surface area contributed by atoms with E-state index in [-0.39, 0.29) is 23.3 Å². The van der Waals surface area contributed by atoms with Gasteiger partial charge in [0.25, 0.3) is 5.91 Å². The number of benzene rings is 1. The number of rotatable bonds is 6. The molecule has 0 bridgehead atoms. The van der Waals surface area contributed by atoms with Crippen LogP contribution in [-0.2, 0) is 16.1 Å². The lowest BCUT2D eigenvalue weighted by Crippen LogP contribution is -2.40. The zero-order valence-electron chi connectivity index (χ0n) is 17.4. The van der Waals surface area contributed by atoms with Crippen LogP contribution < -0.4 is 10.6 Å². The van der Waals surface area contributed by atoms with E-state index in [9.17, 15) is 9.59 Å². The topological polar surface area (TPSA) is 72.4 Å². The molecule has 29 heavy (non-hydrogen) atoms. The van der Waals surface area contributed by atoms with Crippen molar-refractivity contribution < 1.29 is 14.3 Å². The average molecular weight is 398 g/mol. The number of amides is 2. The molecule has 6 nitrogen and oxygen atoms in total. The number of hydrogen-bond donors (Lipinski definition) is 2. The molecule has 6 heteroatoms. The van der Waals surface area contributed by atoms with Gasteiger partial charge in [0.15, 0.2) is 0 Å². The summed E-state index contributed by atoms with van der Waals surface area (Å²) >= 11 is 0. The molecule has 0 radical (unpaired) electrons. The summed E-state index contributed by atoms with van der Waals surface area (Å²) in [5.74, 6) is 0.155. The molecule has 1 aromatic heterocycles. The number of aromatic nitrogens is 1. The van der Waals surface area contributed by atoms with Crippen LogP contribution in [0.1, 0.15) is 62.9 Å². The Hall–Kier alpha value is -2.34. The van der Waals surface area contributed by atoms with Gasteiger partial charge in [-0.15, -0.1) is 0 Å². The Morgan fingerprint density at radius 3 is 2.69 bits per heavy atom. The van der Waals surface area contributed by atoms with Gasteiger partial charge in [-0.05, 0) is 63.8 Å². The number of anilines is 1. The van der Waals surface area contributed by atoms with Crippen molar-refractivity contribution in [1.82, 2.24) is 9.88 Å². The monoisotopic (exact) mass is 397 g/mol. The van der Waals surface area contributed by atoms with Crippen LogP contribution in [0, 0.1) is 5.92 Å². The molecule has 4 rings (SSSR count). The highest BCUT2D eigenvalue weighted by atomic mass is 16.5. The molecule has 1 aliphatic carbocycles. The van der Waals surface area contributed by atoms with Crippen LogP contribution >= 0.6 is 0 Å². The predicted molar refractivity (Wildman–Crippen MR) is 114 cm³/mol. The van der Waals surface area contributed by atoms with E-state index in [4.69, 9.17) is 4.74 Å². The molecule has 0 unspecified atom stereocenters. The first-order valence-electron chi connectivity index (χ1n) is 10.9. The first kappa shape index (κ1) is 20.0. The zero-order valence-corrected chi connectivity index (χ0v) is 17.4. The van der Waals surface area contributed by atoms with E-state index in [1.165, 1.54) is 0 Å². The van der Waals surface area contributed by atoms with Crippen LogP contribution in [0.3, 0.4) is 0 Å². The van der Waals surface area contributed by atoms with Crippen molar-refractivity contribution in [3.63, 3.8) is 0 Å². The molecule has 2 N–H and O–H groups in total. The van der Waals surface area contributed by atoms with Crippen molar-refractivity contribution in [2.45, 2.75) is 64.5 Å². The first-order valence-corrected chi connectivity index (χ1v) is 10.9. The summed E-state index contributed by atoms with van der Waals surface area (Å²) in [6.07, 6.45) is 6.24. The largest absolute Gasteiger partial charge is 0.373 e. The van der Waals surface area contributed by atoms with E-state index in [0.29, 0.717) is 18.8 Å². The normalized spacial score (nSPS) is 22.3. The molecule has 1 aromatic carbocycles. The van der Waals surface area contributed by atoms with Crippen molar-refractivity contribution in [1.29, 1.82) is 0 Å². The lowest BCUT2D eigenvalue weighted by atomic mass is 10.0. The van der Waals surface area contributed by atoms with Gasteiger partial charge in [0.2, 0.25) is 5.91 Å². The molecule has 0 spiro atoms. The molecule has 156 valence electrons. The molecule has 1 aliphatic heterocycles. The van der Waals surface area contributed by atoms with Crippen LogP contribution in [0.25, 0.3) is 10.9 Å². The van der Waals surface area contributed by atoms with Gasteiger partial charge in [-0.3, -0.25) is 9.59 Å². The first-order chi connectivity index (χ1) is 14.0. The number of nitrogens with one attached hydrogen (secondary N) is 2. The summed E-state index contributed by atoms with van der Waals surface area (Å²) in [4.78, 5) is 25.3. The molecule has 2 fully saturated rings. The van der Waals surface area contributed by atoms with Gasteiger partial charge in [0.1, 0.15) is 5.69 Å². The maximum absolute atomic E-state index is 12.9. The molecule has 2 aliphatic rings. The standard InChI is InChI=1S/C23H31N3O3/c1-3-26-19-10-9-18(25-21(27)16-7-4-5-8-16)13-17(19)14-20(26)22(28)24-15-23(2)11-6-12-29-23/h9-10,13-14,16H,3-8,11-12,15H2,1-2H3,(H,24,28)(H,25,27)/t23-/m1/s1. The zero-order chi connectivity index (χ0) is 20.4. The maximum Gasteiger partial charge on any atom is 0.268 e. The number of fused-ring (bicyclic) bond motifs is 1. The minimum Gasteiger partial charge on any atom is -0.373 e. The highest BCUT2D eigenvalue weighted by Gasteiger charge is 2.30. The van der Waals surface area contributed by atoms with Crippen molar-refractivity contribution in [3.05, 3.63) is 30.0 Å². The summed E-state index contributed by atoms with van der Waals surface area (Å²) in [5.41, 5.74) is 2.17. The quantitative estimate of drug-likeness (QED) is 0.771. The third-order valence-corrected chi connectivity index (χ3v) is 6.37. The van der Waals surface area contributed by atoms with Crippen molar-refractivity contribution in [2.24, 2.45) is 5.92 Å². The van der Waals surface area contributed by atoms with E-state index >= 15 is 0 Å². The van der Waals surface area contributed by atoms with E-state index in [0.717, 1.165) is 61.7 Å². The molecular weight excluding hydrogens is 366 g/mol. The van der Waals surface area contributed by atoms with Crippen LogP contribution in [0.2, 0.25) is 0 Å². The molecule has 2 heterocycles. The highest BCUT2D eigenvalue weighted by molar-refractivity contribution is 6.01. The Bertz CT molecular complexity index is 905. The fourth-order valence-electron chi connectivity index (χ4n) is 4.64. The molecule has 2 amide bonds. The van der Waals surface area contributed by atoms with Crippen LogP contribution in [0.4, 0.5) is 5.69 Å². The summed E-state index contributed by atoms with van der Waals surface area (Å²) in [5, 5.41) is 7.06. The summed E-state index contributed by atoms with van der Waals surface area (Å²) in [7, 11) is 0. The second kappa shape index (κ2) is 8.19. The highest BCUT2D eigenvalue weighted by Crippen LogP contribution is 2.28. The van der Waals surface area contributed by atoms with Crippen LogP contribution in [0.15, 0.2) is 24.3 Å². The number of aryl methyl sites for hydroxylation is 1. The minimum absolute atomic E-state index is 0.0867. The fraction of sp³-hybridized carbons (Fsp3) is 0.565. The van der Waals surface area contributed by atoms with Gasteiger partial charge in [0.05, 0.1) is 5.60 Å². The average Bonchev–Trinajstić information content (AvgIpc) is 3.45. The summed E-state index contributed by atoms with van der Waals surface area (Å²) in [6, 6.07) is 7.79. The van der Waals surface area contributed by atoms with Gasteiger partial charge < -0.3 is 19.9 Å². The number of hydrogen-bond acceptors (Lipinski definition) is 3. The van der Waals surface area contributed by atoms with E-state index in [2.05, 4.69) is 17.6 Å². The van der Waals surface area contributed by atoms with Crippen molar-refractivity contribution >= 4 is 28.4 Å². The number of carbonyl (C=O) groups is 2. The third kappa shape index (κ3) is 4.17. The number of nitrogens with zero attached hydrogens (tertiary/aromatic N) is 1. The lowest BCUT2D eigenvalue weighted by Gasteiger charge is -2.23. The van der Waals surface area contributed by atoms with E-state index in [1.807, 2.05) is 35.8 Å². The molecule has 2 aromatic rings. The molecule has 1 atom stereocenters. The SMILES string of the molecule is CCn1c(C(=O)NC[C@@]2(C)CCCO2)cc2cc(NC(=O)C3CCCC3)ccc21. The fourth-order valence-corrected chi connectivity index (χ4v) is 4.64. The van der Waals surface area contributed by atoms with Gasteiger partial charge in [-0.1, -0.05) is 12.8 Å². The predicted octanol–water partition coefficient (Wildman–Crippen LogP) is 4.09. The Balaban J connectivity index is 1.51. The third-order valence-electron chi connectivity index (χ3n) is 6.37. The second-order valence-electron chi connectivity index (χ2n) is 8.60. The Labute approximate surface area is 172 Å². The van der Waals surface area contributed by atoms with E-state index in [1.54, 1.807) is 0 Å². The van der Waals surface area contributed by atoms with Crippen molar-refractivity contribution in [3.8, 4) is 0 Å². The Morgan fingerprint density at radius 2 is 2.00 bits per heavy atom. The number of ether oxygens (including phenoxy) is 1.